The third-order valence-electron chi connectivity index (χ3n) is 6.03. The summed E-state index contributed by atoms with van der Waals surface area (Å²) in [6, 6.07) is 14.8. The first-order chi connectivity index (χ1) is 16.0. The van der Waals surface area contributed by atoms with Gasteiger partial charge in [-0.3, -0.25) is 9.62 Å². The molecule has 1 aliphatic rings. The second kappa shape index (κ2) is 11.5. The van der Waals surface area contributed by atoms with Crippen LogP contribution in [0.2, 0.25) is 0 Å². The summed E-state index contributed by atoms with van der Waals surface area (Å²) in [5.41, 5.74) is 1.74. The summed E-state index contributed by atoms with van der Waals surface area (Å²) >= 11 is 0. The van der Waals surface area contributed by atoms with Crippen molar-refractivity contribution in [2.45, 2.75) is 36.7 Å². The normalized spacial score (nSPS) is 16.4. The molecule has 1 fully saturated rings. The summed E-state index contributed by atoms with van der Waals surface area (Å²) in [5, 5.41) is 10.6. The van der Waals surface area contributed by atoms with Gasteiger partial charge in [0.05, 0.1) is 22.9 Å². The number of nitrogens with one attached hydrogen (secondary N) is 1. The molecule has 1 atom stereocenters. The summed E-state index contributed by atoms with van der Waals surface area (Å²) in [4.78, 5) is 4.78. The summed E-state index contributed by atoms with van der Waals surface area (Å²) < 4.78 is 49.5. The Kier molecular flexibility index (Phi) is 8.97. The van der Waals surface area contributed by atoms with Gasteiger partial charge in [-0.25, -0.2) is 16.8 Å². The Hall–Kier alpha value is -2.14. The Balaban J connectivity index is 1.43. The smallest absolute Gasteiger partial charge is 0.229 e. The first-order valence-electron chi connectivity index (χ1n) is 11.5. The van der Waals surface area contributed by atoms with Crippen molar-refractivity contribution in [3.63, 3.8) is 0 Å². The fourth-order valence-corrected chi connectivity index (χ4v) is 5.70. The van der Waals surface area contributed by atoms with Crippen molar-refractivity contribution < 1.29 is 21.9 Å². The van der Waals surface area contributed by atoms with Gasteiger partial charge in [-0.2, -0.15) is 0 Å². The highest BCUT2D eigenvalue weighted by Crippen LogP contribution is 2.28. The van der Waals surface area contributed by atoms with Crippen LogP contribution < -0.4 is 9.62 Å². The summed E-state index contributed by atoms with van der Waals surface area (Å²) in [7, 11) is -7.28. The number of nitrogens with zero attached hydrogens (tertiary/aromatic N) is 2. The topological polar surface area (TPSA) is 107 Å². The van der Waals surface area contributed by atoms with Gasteiger partial charge in [0.25, 0.3) is 0 Å². The molecule has 1 aliphatic heterocycles. The fourth-order valence-electron chi connectivity index (χ4n) is 4.24. The number of aliphatic hydroxyl groups is 1. The largest absolute Gasteiger partial charge is 0.388 e. The van der Waals surface area contributed by atoms with Gasteiger partial charge >= 0.3 is 0 Å². The molecule has 0 spiro atoms. The van der Waals surface area contributed by atoms with E-state index < -0.39 is 26.0 Å². The Bertz CT molecular complexity index is 1150. The van der Waals surface area contributed by atoms with Crippen molar-refractivity contribution in [2.75, 3.05) is 54.9 Å². The van der Waals surface area contributed by atoms with Crippen molar-refractivity contribution in [2.24, 2.45) is 0 Å². The lowest BCUT2D eigenvalue weighted by atomic mass is 10.0. The molecule has 1 heterocycles. The number of piperazine rings is 1. The van der Waals surface area contributed by atoms with E-state index in [1.165, 1.54) is 17.8 Å². The number of para-hydroxylation sites is 1. The lowest BCUT2D eigenvalue weighted by molar-refractivity contribution is 0.162. The van der Waals surface area contributed by atoms with Crippen molar-refractivity contribution in [1.82, 2.24) is 4.90 Å². The van der Waals surface area contributed by atoms with Crippen molar-refractivity contribution in [3.05, 3.63) is 54.1 Å². The van der Waals surface area contributed by atoms with Gasteiger partial charge in [-0.1, -0.05) is 37.1 Å². The maximum absolute atomic E-state index is 12.0. The van der Waals surface area contributed by atoms with Crippen LogP contribution in [0.5, 0.6) is 0 Å². The van der Waals surface area contributed by atoms with Crippen molar-refractivity contribution >= 4 is 31.2 Å². The molecule has 2 N–H and O–H groups in total. The molecule has 34 heavy (non-hydrogen) atoms. The van der Waals surface area contributed by atoms with Crippen LogP contribution in [0.25, 0.3) is 0 Å². The van der Waals surface area contributed by atoms with Gasteiger partial charge in [0.15, 0.2) is 9.84 Å². The van der Waals surface area contributed by atoms with E-state index in [2.05, 4.69) is 38.8 Å². The number of sulfone groups is 1. The van der Waals surface area contributed by atoms with Crippen molar-refractivity contribution in [3.8, 4) is 0 Å². The van der Waals surface area contributed by atoms with Gasteiger partial charge in [0.1, 0.15) is 0 Å². The minimum absolute atomic E-state index is 0.0313. The van der Waals surface area contributed by atoms with Gasteiger partial charge in [-0.05, 0) is 49.2 Å². The maximum Gasteiger partial charge on any atom is 0.229 e. The number of anilines is 2. The number of aliphatic hydroxyl groups excluding tert-OH is 1. The van der Waals surface area contributed by atoms with Crippen molar-refractivity contribution in [1.29, 1.82) is 0 Å². The zero-order valence-electron chi connectivity index (χ0n) is 19.9. The lowest BCUT2D eigenvalue weighted by Crippen LogP contribution is -2.46. The SMILES string of the molecule is CS(=O)(=O)Nc1cc(C(O)CCCCCN2CCN(c3ccccc3)CC2)ccc1S(C)(=O)=O. The monoisotopic (exact) mass is 509 g/mol. The molecule has 3 rings (SSSR count). The van der Waals surface area contributed by atoms with E-state index >= 15 is 0 Å². The number of hydrogen-bond acceptors (Lipinski definition) is 7. The van der Waals surface area contributed by atoms with E-state index in [1.807, 2.05) is 6.07 Å². The molecule has 10 heteroatoms. The van der Waals surface area contributed by atoms with E-state index in [0.29, 0.717) is 12.0 Å². The number of unbranched alkanes of at least 4 members (excludes halogenated alkanes) is 2. The zero-order chi connectivity index (χ0) is 24.8. The minimum atomic E-state index is -3.66. The van der Waals surface area contributed by atoms with Crippen LogP contribution in [0.3, 0.4) is 0 Å². The third-order valence-corrected chi connectivity index (χ3v) is 7.77. The first kappa shape index (κ1) is 26.5. The van der Waals surface area contributed by atoms with E-state index in [1.54, 1.807) is 6.07 Å². The van der Waals surface area contributed by atoms with Crippen LogP contribution in [0.15, 0.2) is 53.4 Å². The van der Waals surface area contributed by atoms with E-state index in [9.17, 15) is 21.9 Å². The quantitative estimate of drug-likeness (QED) is 0.449. The van der Waals surface area contributed by atoms with Gasteiger partial charge < -0.3 is 10.0 Å². The van der Waals surface area contributed by atoms with E-state index in [4.69, 9.17) is 0 Å². The summed E-state index contributed by atoms with van der Waals surface area (Å²) in [5.74, 6) is 0. The zero-order valence-corrected chi connectivity index (χ0v) is 21.5. The highest BCUT2D eigenvalue weighted by atomic mass is 32.2. The number of benzene rings is 2. The van der Waals surface area contributed by atoms with Gasteiger partial charge in [-0.15, -0.1) is 0 Å². The first-order valence-corrected chi connectivity index (χ1v) is 15.3. The van der Waals surface area contributed by atoms with Crippen LogP contribution in [-0.4, -0.2) is 72.1 Å². The fraction of sp³-hybridized carbons (Fsp3) is 0.500. The molecule has 0 saturated carbocycles. The predicted molar refractivity (Wildman–Crippen MR) is 137 cm³/mol. The molecule has 0 aromatic heterocycles. The summed E-state index contributed by atoms with van der Waals surface area (Å²) in [6.45, 7) is 5.16. The van der Waals surface area contributed by atoms with E-state index in [0.717, 1.165) is 64.5 Å². The maximum atomic E-state index is 12.0. The second-order valence-electron chi connectivity index (χ2n) is 8.93. The van der Waals surface area contributed by atoms with Crippen LogP contribution in [0, 0.1) is 0 Å². The van der Waals surface area contributed by atoms with Gasteiger partial charge in [0.2, 0.25) is 10.0 Å². The molecule has 1 unspecified atom stereocenters. The molecule has 1 saturated heterocycles. The highest BCUT2D eigenvalue weighted by molar-refractivity contribution is 7.92. The molecular formula is C24H35N3O5S2. The van der Waals surface area contributed by atoms with Crippen LogP contribution >= 0.6 is 0 Å². The molecule has 0 aliphatic carbocycles. The van der Waals surface area contributed by atoms with Crippen LogP contribution in [0.4, 0.5) is 11.4 Å². The highest BCUT2D eigenvalue weighted by Gasteiger charge is 2.19. The summed E-state index contributed by atoms with van der Waals surface area (Å²) in [6.07, 6.45) is 4.57. The molecule has 0 bridgehead atoms. The Morgan fingerprint density at radius 3 is 2.21 bits per heavy atom. The molecule has 0 amide bonds. The predicted octanol–water partition coefficient (Wildman–Crippen LogP) is 2.88. The lowest BCUT2D eigenvalue weighted by Gasteiger charge is -2.36. The average Bonchev–Trinajstić information content (AvgIpc) is 2.78. The second-order valence-corrected chi connectivity index (χ2v) is 12.7. The Morgan fingerprint density at radius 1 is 0.912 bits per heavy atom. The molecule has 0 radical (unpaired) electrons. The molecule has 8 nitrogen and oxygen atoms in total. The standard InChI is InChI=1S/C24H35N3O5S2/c1-33(29,30)24-13-12-20(19-22(24)25-34(2,31)32)23(28)11-7-4-8-14-26-15-17-27(18-16-26)21-9-5-3-6-10-21/h3,5-6,9-10,12-13,19,23,25,28H,4,7-8,11,14-18H2,1-2H3. The molecule has 2 aromatic rings. The minimum Gasteiger partial charge on any atom is -0.388 e. The van der Waals surface area contributed by atoms with Crippen LogP contribution in [0.1, 0.15) is 37.4 Å². The number of rotatable bonds is 11. The Labute approximate surface area is 203 Å². The molecule has 2 aromatic carbocycles. The van der Waals surface area contributed by atoms with Crippen LogP contribution in [-0.2, 0) is 19.9 Å². The Morgan fingerprint density at radius 2 is 1.59 bits per heavy atom. The third kappa shape index (κ3) is 7.97. The molecule has 188 valence electrons. The van der Waals surface area contributed by atoms with Gasteiger partial charge in [0, 0.05) is 38.1 Å². The van der Waals surface area contributed by atoms with E-state index in [-0.39, 0.29) is 10.6 Å². The average molecular weight is 510 g/mol. The molecular weight excluding hydrogens is 474 g/mol. The number of hydrogen-bond donors (Lipinski definition) is 2. The number of sulfonamides is 1.